The molecule has 1 rings (SSSR count). The number of hydrogen-bond acceptors (Lipinski definition) is 18. The van der Waals surface area contributed by atoms with Gasteiger partial charge in [0.05, 0.1) is 178 Å². The van der Waals surface area contributed by atoms with Gasteiger partial charge in [-0.15, -0.1) is 0 Å². The van der Waals surface area contributed by atoms with Gasteiger partial charge >= 0.3 is 5.97 Å². The van der Waals surface area contributed by atoms with E-state index in [0.717, 1.165) is 4.90 Å². The molecular formula is C36H64N2O19. The fourth-order valence-electron chi connectivity index (χ4n) is 4.09. The zero-order chi connectivity index (χ0) is 41.1. The first-order valence-electron chi connectivity index (χ1n) is 19.1. The summed E-state index contributed by atoms with van der Waals surface area (Å²) >= 11 is 0. The molecule has 332 valence electrons. The minimum Gasteiger partial charge on any atom is -0.480 e. The molecule has 1 aliphatic rings. The molecule has 0 saturated heterocycles. The standard InChI is InChI=1S/C36H64N2O19/c39-33(31-57-32-36(42)43)37-3-5-44-7-9-46-11-13-48-15-17-50-19-21-52-23-25-54-27-29-56-30-28-55-26-24-53-22-20-51-18-16-49-14-12-47-10-8-45-6-4-38-34(40)1-2-35(38)41/h1-2H,3-32H2,(H,37,39)(H,42,43). The van der Waals surface area contributed by atoms with Gasteiger partial charge in [-0.25, -0.2) is 4.79 Å². The molecule has 1 heterocycles. The van der Waals surface area contributed by atoms with Crippen LogP contribution in [-0.4, -0.2) is 232 Å². The minimum absolute atomic E-state index is 0.230. The first-order chi connectivity index (χ1) is 28.0. The summed E-state index contributed by atoms with van der Waals surface area (Å²) in [6.45, 7) is 10.9. The molecule has 0 unspecified atom stereocenters. The van der Waals surface area contributed by atoms with E-state index in [1.807, 2.05) is 0 Å². The highest BCUT2D eigenvalue weighted by atomic mass is 16.6. The first-order valence-corrected chi connectivity index (χ1v) is 19.1. The number of imide groups is 1. The Kier molecular flexibility index (Phi) is 38.0. The highest BCUT2D eigenvalue weighted by Gasteiger charge is 2.22. The maximum atomic E-state index is 11.4. The lowest BCUT2D eigenvalue weighted by molar-refractivity contribution is -0.144. The van der Waals surface area contributed by atoms with E-state index < -0.39 is 18.5 Å². The molecule has 0 aromatic carbocycles. The van der Waals surface area contributed by atoms with Gasteiger partial charge in [-0.05, 0) is 0 Å². The van der Waals surface area contributed by atoms with Crippen molar-refractivity contribution in [3.05, 3.63) is 12.2 Å². The van der Waals surface area contributed by atoms with E-state index in [1.54, 1.807) is 0 Å². The molecule has 0 bridgehead atoms. The summed E-state index contributed by atoms with van der Waals surface area (Å²) in [7, 11) is 0. The third-order valence-corrected chi connectivity index (χ3v) is 6.85. The summed E-state index contributed by atoms with van der Waals surface area (Å²) in [4.78, 5) is 45.6. The largest absolute Gasteiger partial charge is 0.480 e. The Hall–Kier alpha value is -2.74. The van der Waals surface area contributed by atoms with Crippen molar-refractivity contribution in [3.8, 4) is 0 Å². The zero-order valence-electron chi connectivity index (χ0n) is 33.1. The van der Waals surface area contributed by atoms with E-state index in [9.17, 15) is 19.2 Å². The average molecular weight is 829 g/mol. The monoisotopic (exact) mass is 828 g/mol. The summed E-state index contributed by atoms with van der Waals surface area (Å²) in [5.41, 5.74) is 0. The quantitative estimate of drug-likeness (QED) is 0.0517. The Balaban J connectivity index is 1.62. The minimum atomic E-state index is -1.13. The molecule has 1 aliphatic heterocycles. The SMILES string of the molecule is O=C(O)COCC(=O)NCCOCCOCCOCCOCCOCCOCCOCCOCCOCCOCCOCCOCCOCCN1C(=O)C=CC1=O. The van der Waals surface area contributed by atoms with Crippen molar-refractivity contribution in [2.24, 2.45) is 0 Å². The Morgan fingerprint density at radius 1 is 0.404 bits per heavy atom. The van der Waals surface area contributed by atoms with Crippen LogP contribution in [0, 0.1) is 0 Å². The maximum absolute atomic E-state index is 11.4. The van der Waals surface area contributed by atoms with Gasteiger partial charge in [-0.2, -0.15) is 0 Å². The predicted molar refractivity (Wildman–Crippen MR) is 198 cm³/mol. The van der Waals surface area contributed by atoms with Crippen LogP contribution in [0.5, 0.6) is 0 Å². The zero-order valence-corrected chi connectivity index (χ0v) is 33.1. The van der Waals surface area contributed by atoms with Crippen LogP contribution in [0.3, 0.4) is 0 Å². The van der Waals surface area contributed by atoms with E-state index in [4.69, 9.17) is 66.7 Å². The van der Waals surface area contributed by atoms with Crippen LogP contribution in [0.2, 0.25) is 0 Å². The van der Waals surface area contributed by atoms with Gasteiger partial charge in [0.15, 0.2) is 0 Å². The number of hydrogen-bond donors (Lipinski definition) is 2. The second-order valence-corrected chi connectivity index (χ2v) is 11.4. The molecule has 0 saturated carbocycles. The van der Waals surface area contributed by atoms with Crippen LogP contribution < -0.4 is 5.32 Å². The molecular weight excluding hydrogens is 764 g/mol. The normalized spacial score (nSPS) is 12.7. The highest BCUT2D eigenvalue weighted by molar-refractivity contribution is 6.12. The smallest absolute Gasteiger partial charge is 0.329 e. The van der Waals surface area contributed by atoms with E-state index in [1.165, 1.54) is 12.2 Å². The molecule has 0 radical (unpaired) electrons. The second kappa shape index (κ2) is 41.4. The van der Waals surface area contributed by atoms with Gasteiger partial charge in [0.25, 0.3) is 11.8 Å². The molecule has 21 nitrogen and oxygen atoms in total. The Morgan fingerprint density at radius 2 is 0.667 bits per heavy atom. The van der Waals surface area contributed by atoms with Crippen molar-refractivity contribution < 1.29 is 90.6 Å². The molecule has 0 spiro atoms. The van der Waals surface area contributed by atoms with Crippen LogP contribution >= 0.6 is 0 Å². The van der Waals surface area contributed by atoms with Gasteiger partial charge in [0.1, 0.15) is 13.2 Å². The molecule has 2 N–H and O–H groups in total. The molecule has 0 aromatic heterocycles. The Morgan fingerprint density at radius 3 is 0.947 bits per heavy atom. The molecule has 0 fully saturated rings. The van der Waals surface area contributed by atoms with Crippen molar-refractivity contribution in [2.75, 3.05) is 198 Å². The number of carbonyl (C=O) groups excluding carboxylic acids is 3. The van der Waals surface area contributed by atoms with Gasteiger partial charge in [-0.3, -0.25) is 19.3 Å². The summed E-state index contributed by atoms with van der Waals surface area (Å²) in [6, 6.07) is 0. The van der Waals surface area contributed by atoms with E-state index in [2.05, 4.69) is 10.1 Å². The fraction of sp³-hybridized carbons (Fsp3) is 0.833. The van der Waals surface area contributed by atoms with Crippen LogP contribution in [0.25, 0.3) is 0 Å². The number of amides is 3. The molecule has 0 aromatic rings. The molecule has 3 amide bonds. The van der Waals surface area contributed by atoms with Crippen LogP contribution in [-0.2, 0) is 85.5 Å². The summed E-state index contributed by atoms with van der Waals surface area (Å²) in [5, 5.41) is 11.0. The second-order valence-electron chi connectivity index (χ2n) is 11.4. The third-order valence-electron chi connectivity index (χ3n) is 6.85. The van der Waals surface area contributed by atoms with Crippen molar-refractivity contribution in [2.45, 2.75) is 0 Å². The number of nitrogens with one attached hydrogen (secondary N) is 1. The van der Waals surface area contributed by atoms with E-state index >= 15 is 0 Å². The maximum Gasteiger partial charge on any atom is 0.329 e. The number of ether oxygens (including phenoxy) is 14. The van der Waals surface area contributed by atoms with Crippen molar-refractivity contribution in [3.63, 3.8) is 0 Å². The lowest BCUT2D eigenvalue weighted by atomic mass is 10.5. The first kappa shape index (κ1) is 52.3. The summed E-state index contributed by atoms with van der Waals surface area (Å²) < 4.78 is 75.3. The number of carbonyl (C=O) groups is 4. The highest BCUT2D eigenvalue weighted by Crippen LogP contribution is 2.02. The van der Waals surface area contributed by atoms with Crippen molar-refractivity contribution >= 4 is 23.7 Å². The Labute approximate surface area is 334 Å². The van der Waals surface area contributed by atoms with Gasteiger partial charge in [-0.1, -0.05) is 0 Å². The lowest BCUT2D eigenvalue weighted by Crippen LogP contribution is -2.33. The molecule has 21 heteroatoms. The average Bonchev–Trinajstić information content (AvgIpc) is 3.52. The predicted octanol–water partition coefficient (Wildman–Crippen LogP) is -1.66. The number of nitrogens with zero attached hydrogens (tertiary/aromatic N) is 1. The number of carboxylic acid groups (broad SMARTS) is 1. The number of carboxylic acids is 1. The van der Waals surface area contributed by atoms with Gasteiger partial charge < -0.3 is 76.7 Å². The van der Waals surface area contributed by atoms with Crippen molar-refractivity contribution in [1.82, 2.24) is 10.2 Å². The Bertz CT molecular complexity index is 991. The number of rotatable bonds is 46. The lowest BCUT2D eigenvalue weighted by Gasteiger charge is -2.13. The van der Waals surface area contributed by atoms with E-state index in [0.29, 0.717) is 172 Å². The summed E-state index contributed by atoms with van der Waals surface area (Å²) in [5.74, 6) is -2.16. The van der Waals surface area contributed by atoms with Gasteiger partial charge in [0.2, 0.25) is 5.91 Å². The third kappa shape index (κ3) is 37.3. The van der Waals surface area contributed by atoms with Crippen LogP contribution in [0.1, 0.15) is 0 Å². The van der Waals surface area contributed by atoms with Gasteiger partial charge in [0, 0.05) is 18.7 Å². The topological polar surface area (TPSA) is 233 Å². The summed E-state index contributed by atoms with van der Waals surface area (Å²) in [6.07, 6.45) is 2.50. The van der Waals surface area contributed by atoms with Crippen LogP contribution in [0.15, 0.2) is 12.2 Å². The molecule has 57 heavy (non-hydrogen) atoms. The fourth-order valence-corrected chi connectivity index (χ4v) is 4.09. The van der Waals surface area contributed by atoms with E-state index in [-0.39, 0.29) is 31.6 Å². The van der Waals surface area contributed by atoms with Crippen molar-refractivity contribution in [1.29, 1.82) is 0 Å². The molecule has 0 atom stereocenters. The number of aliphatic carboxylic acids is 1. The van der Waals surface area contributed by atoms with Crippen LogP contribution in [0.4, 0.5) is 0 Å². The molecule has 0 aliphatic carbocycles.